The molecule has 78 heavy (non-hydrogen) atoms. The lowest BCUT2D eigenvalue weighted by molar-refractivity contribution is 0.553. The predicted octanol–water partition coefficient (Wildman–Crippen LogP) is 24.4. The van der Waals surface area contributed by atoms with Gasteiger partial charge in [0.15, 0.2) is 0 Å². The van der Waals surface area contributed by atoms with E-state index in [1.807, 2.05) is 0 Å². The summed E-state index contributed by atoms with van der Waals surface area (Å²) in [5, 5.41) is 0. The minimum absolute atomic E-state index is 0.348. The Morgan fingerprint density at radius 2 is 0.679 bits per heavy atom. The lowest BCUT2D eigenvalue weighted by Gasteiger charge is -2.34. The molecule has 2 unspecified atom stereocenters. The van der Waals surface area contributed by atoms with Crippen molar-refractivity contribution in [3.8, 4) is 0 Å². The zero-order chi connectivity index (χ0) is 55.8. The van der Waals surface area contributed by atoms with E-state index in [1.165, 1.54) is 304 Å². The van der Waals surface area contributed by atoms with Crippen LogP contribution < -0.4 is 19.6 Å². The fourth-order valence-corrected chi connectivity index (χ4v) is 13.5. The summed E-state index contributed by atoms with van der Waals surface area (Å²) in [6.07, 6.45) is 65.2. The van der Waals surface area contributed by atoms with Gasteiger partial charge in [0.05, 0.1) is 35.1 Å². The molecule has 4 nitrogen and oxygen atoms in total. The van der Waals surface area contributed by atoms with Crippen molar-refractivity contribution in [2.75, 3.05) is 39.2 Å². The van der Waals surface area contributed by atoms with Crippen LogP contribution >= 0.6 is 0 Å². The Bertz CT molecular complexity index is 1840. The van der Waals surface area contributed by atoms with Gasteiger partial charge in [-0.1, -0.05) is 270 Å². The summed E-state index contributed by atoms with van der Waals surface area (Å²) < 4.78 is 0. The molecule has 0 aromatic heterocycles. The molecule has 446 valence electrons. The third kappa shape index (κ3) is 25.1. The Labute approximate surface area is 487 Å². The molecule has 0 saturated heterocycles. The molecule has 0 N–H and O–H groups in total. The van der Waals surface area contributed by atoms with Crippen LogP contribution in [-0.2, 0) is 0 Å². The average Bonchev–Trinajstić information content (AvgIpc) is 3.96. The van der Waals surface area contributed by atoms with Crippen molar-refractivity contribution in [1.29, 1.82) is 0 Å². The van der Waals surface area contributed by atoms with E-state index in [-0.39, 0.29) is 0 Å². The van der Waals surface area contributed by atoms with E-state index >= 15 is 0 Å². The van der Waals surface area contributed by atoms with Gasteiger partial charge in [-0.3, -0.25) is 0 Å². The number of benzene rings is 2. The Hall–Kier alpha value is -2.88. The highest BCUT2D eigenvalue weighted by atomic mass is 15.4. The molecular weight excluding hydrogens is 945 g/mol. The summed E-state index contributed by atoms with van der Waals surface area (Å²) >= 11 is 0. The molecular formula is C74H130N4. The van der Waals surface area contributed by atoms with Gasteiger partial charge < -0.3 is 19.6 Å². The van der Waals surface area contributed by atoms with E-state index in [4.69, 9.17) is 0 Å². The van der Waals surface area contributed by atoms with Crippen LogP contribution in [0.25, 0.3) is 11.1 Å². The smallest absolute Gasteiger partial charge is 0.0990 e. The third-order valence-corrected chi connectivity index (χ3v) is 18.3. The van der Waals surface area contributed by atoms with E-state index in [1.54, 1.807) is 11.1 Å². The summed E-state index contributed by atoms with van der Waals surface area (Å²) in [6.45, 7) is 24.6. The molecule has 2 heterocycles. The number of hydrogen-bond donors (Lipinski definition) is 0. The molecule has 0 fully saturated rings. The number of anilines is 4. The standard InChI is InChI=1S/C74H130N4/c1-10-15-19-23-27-31-35-39-43-47-52-67(53-48-44-40-36-32-28-24-20-16-11-2)69-56-58-71-73(62-69)75(14-5)65(8)76(71)60-51-61-77-66(9)78(64(6)7)72-59-57-70(63-74(72)77)68(54-49-45-41-37-33-29-25-21-17-12-3)55-50-46-42-38-34-30-26-22-18-13-4/h52,54,56-59,62-66H,10-51,53,55,60-61H2,1-9H3/b67-52+,68-54+. The third-order valence-electron chi connectivity index (χ3n) is 18.3. The maximum absolute atomic E-state index is 2.78. The number of allylic oxidation sites excluding steroid dienone is 4. The number of hydrogen-bond acceptors (Lipinski definition) is 4. The molecule has 2 atom stereocenters. The topological polar surface area (TPSA) is 13.0 Å². The molecule has 0 aliphatic carbocycles. The Balaban J connectivity index is 1.44. The second-order valence-electron chi connectivity index (χ2n) is 25.3. The maximum Gasteiger partial charge on any atom is 0.0990 e. The predicted molar refractivity (Wildman–Crippen MR) is 354 cm³/mol. The highest BCUT2D eigenvalue weighted by molar-refractivity contribution is 5.84. The second kappa shape index (κ2) is 42.9. The molecule has 4 heteroatoms. The van der Waals surface area contributed by atoms with E-state index in [0.29, 0.717) is 18.4 Å². The van der Waals surface area contributed by atoms with Crippen LogP contribution in [0.5, 0.6) is 0 Å². The molecule has 0 spiro atoms. The average molecular weight is 1080 g/mol. The number of fused-ring (bicyclic) bond motifs is 2. The first-order valence-electron chi connectivity index (χ1n) is 35.1. The van der Waals surface area contributed by atoms with Crippen molar-refractivity contribution in [3.63, 3.8) is 0 Å². The van der Waals surface area contributed by atoms with Crippen molar-refractivity contribution < 1.29 is 0 Å². The number of unbranched alkanes of at least 4 members (excludes halogenated alkanes) is 36. The van der Waals surface area contributed by atoms with Crippen molar-refractivity contribution in [3.05, 3.63) is 59.7 Å². The van der Waals surface area contributed by atoms with Gasteiger partial charge in [0.1, 0.15) is 0 Å². The van der Waals surface area contributed by atoms with Gasteiger partial charge in [0, 0.05) is 25.7 Å². The number of rotatable bonds is 50. The summed E-state index contributed by atoms with van der Waals surface area (Å²) in [5.41, 5.74) is 12.0. The van der Waals surface area contributed by atoms with Gasteiger partial charge in [0.25, 0.3) is 0 Å². The zero-order valence-electron chi connectivity index (χ0n) is 53.7. The van der Waals surface area contributed by atoms with Gasteiger partial charge in [-0.25, -0.2) is 0 Å². The van der Waals surface area contributed by atoms with E-state index in [0.717, 1.165) is 26.1 Å². The van der Waals surface area contributed by atoms with Crippen LogP contribution in [0, 0.1) is 0 Å². The monoisotopic (exact) mass is 1080 g/mol. The van der Waals surface area contributed by atoms with Gasteiger partial charge in [-0.15, -0.1) is 0 Å². The van der Waals surface area contributed by atoms with Crippen LogP contribution in [0.2, 0.25) is 0 Å². The Morgan fingerprint density at radius 1 is 0.359 bits per heavy atom. The normalized spacial score (nSPS) is 15.7. The molecule has 2 aliphatic rings. The van der Waals surface area contributed by atoms with Crippen molar-refractivity contribution >= 4 is 33.9 Å². The van der Waals surface area contributed by atoms with Crippen LogP contribution in [0.1, 0.15) is 350 Å². The molecule has 2 aromatic carbocycles. The van der Waals surface area contributed by atoms with Crippen LogP contribution in [-0.4, -0.2) is 38.0 Å². The lowest BCUT2D eigenvalue weighted by atomic mass is 9.96. The Morgan fingerprint density at radius 3 is 1.04 bits per heavy atom. The van der Waals surface area contributed by atoms with Crippen molar-refractivity contribution in [2.45, 2.75) is 357 Å². The first kappa shape index (κ1) is 67.6. The largest absolute Gasteiger partial charge is 0.350 e. The molecule has 0 bridgehead atoms. The lowest BCUT2D eigenvalue weighted by Crippen LogP contribution is -2.46. The van der Waals surface area contributed by atoms with Crippen LogP contribution in [0.4, 0.5) is 22.7 Å². The molecule has 0 radical (unpaired) electrons. The molecule has 2 aromatic rings. The first-order chi connectivity index (χ1) is 38.3. The maximum atomic E-state index is 2.78. The minimum atomic E-state index is 0.348. The summed E-state index contributed by atoms with van der Waals surface area (Å²) in [4.78, 5) is 10.9. The summed E-state index contributed by atoms with van der Waals surface area (Å²) in [5.74, 6) is 0. The molecule has 0 saturated carbocycles. The minimum Gasteiger partial charge on any atom is -0.350 e. The SMILES string of the molecule is CCCCCCCCCCC/C=C(\CCCCCCCCCCCC)c1ccc2c(c1)N(CC)C(C)N2CCCN1c2cc(/C(=C/CCCCCCCCCCC)CCCCCCCCCCCC)ccc2N(C(C)C)C1C. The van der Waals surface area contributed by atoms with Crippen LogP contribution in [0.15, 0.2) is 48.6 Å². The molecule has 2 aliphatic heterocycles. The molecule has 0 amide bonds. The van der Waals surface area contributed by atoms with Crippen LogP contribution in [0.3, 0.4) is 0 Å². The van der Waals surface area contributed by atoms with Crippen molar-refractivity contribution in [1.82, 2.24) is 0 Å². The van der Waals surface area contributed by atoms with Gasteiger partial charge >= 0.3 is 0 Å². The van der Waals surface area contributed by atoms with Gasteiger partial charge in [0.2, 0.25) is 0 Å². The first-order valence-corrected chi connectivity index (χ1v) is 35.1. The van der Waals surface area contributed by atoms with Gasteiger partial charge in [-0.05, 0) is 139 Å². The van der Waals surface area contributed by atoms with E-state index < -0.39 is 0 Å². The fraction of sp³-hybridized carbons (Fsp3) is 0.784. The molecule has 4 rings (SSSR count). The number of nitrogens with zero attached hydrogens (tertiary/aromatic N) is 4. The fourth-order valence-electron chi connectivity index (χ4n) is 13.5. The van der Waals surface area contributed by atoms with E-state index in [9.17, 15) is 0 Å². The zero-order valence-corrected chi connectivity index (χ0v) is 53.7. The summed E-state index contributed by atoms with van der Waals surface area (Å²) in [6, 6.07) is 15.7. The van der Waals surface area contributed by atoms with Gasteiger partial charge in [-0.2, -0.15) is 0 Å². The quantitative estimate of drug-likeness (QED) is 0.0612. The second-order valence-corrected chi connectivity index (χ2v) is 25.3. The summed E-state index contributed by atoms with van der Waals surface area (Å²) in [7, 11) is 0. The highest BCUT2D eigenvalue weighted by Gasteiger charge is 2.36. The van der Waals surface area contributed by atoms with Crippen molar-refractivity contribution in [2.24, 2.45) is 0 Å². The Kier molecular flexibility index (Phi) is 37.2. The highest BCUT2D eigenvalue weighted by Crippen LogP contribution is 2.45. The van der Waals surface area contributed by atoms with E-state index in [2.05, 4.69) is 130 Å².